The molecule has 2 heteroatoms. The van der Waals surface area contributed by atoms with Gasteiger partial charge in [0.05, 0.1) is 0 Å². The van der Waals surface area contributed by atoms with E-state index in [0.29, 0.717) is 5.56 Å². The van der Waals surface area contributed by atoms with Crippen molar-refractivity contribution >= 4 is 5.78 Å². The van der Waals surface area contributed by atoms with Crippen molar-refractivity contribution in [2.45, 2.75) is 26.2 Å². The van der Waals surface area contributed by atoms with E-state index in [9.17, 15) is 9.18 Å². The molecule has 1 aliphatic rings. The lowest BCUT2D eigenvalue weighted by molar-refractivity contribution is -0.118. The molecule has 74 valence electrons. The fourth-order valence-corrected chi connectivity index (χ4v) is 2.01. The minimum Gasteiger partial charge on any atom is -0.300 e. The molecule has 1 aliphatic carbocycles. The summed E-state index contributed by atoms with van der Waals surface area (Å²) in [6.45, 7) is 3.39. The number of Topliss-reactive ketones (excluding diaryl/α,β-unsaturated/α-hetero) is 1. The molecule has 1 fully saturated rings. The zero-order chi connectivity index (χ0) is 10.3. The van der Waals surface area contributed by atoms with E-state index in [1.165, 1.54) is 6.07 Å². The Kier molecular flexibility index (Phi) is 2.14. The van der Waals surface area contributed by atoms with Gasteiger partial charge in [-0.05, 0) is 43.4 Å². The van der Waals surface area contributed by atoms with Crippen LogP contribution in [0.2, 0.25) is 0 Å². The summed E-state index contributed by atoms with van der Waals surface area (Å²) in [5, 5.41) is 0. The molecule has 14 heavy (non-hydrogen) atoms. The van der Waals surface area contributed by atoms with Gasteiger partial charge in [0.2, 0.25) is 0 Å². The summed E-state index contributed by atoms with van der Waals surface area (Å²) in [6, 6.07) is 5.10. The topological polar surface area (TPSA) is 17.1 Å². The normalized spacial score (nSPS) is 24.8. The Labute approximate surface area is 82.9 Å². The zero-order valence-corrected chi connectivity index (χ0v) is 8.38. The average molecular weight is 192 g/mol. The Balaban J connectivity index is 2.27. The highest BCUT2D eigenvalue weighted by molar-refractivity contribution is 5.82. The van der Waals surface area contributed by atoms with Crippen LogP contribution in [-0.2, 0) is 4.79 Å². The van der Waals surface area contributed by atoms with Gasteiger partial charge >= 0.3 is 0 Å². The van der Waals surface area contributed by atoms with Crippen LogP contribution in [0.15, 0.2) is 18.2 Å². The number of carbonyl (C=O) groups excluding carboxylic acids is 1. The SMILES string of the molecule is CC(=O)C1CC1c1cccc(F)c1C. The first kappa shape index (κ1) is 9.38. The standard InChI is InChI=1S/C12H13FO/c1-7-9(4-3-5-12(7)13)11-6-10(11)8(2)14/h3-5,10-11H,6H2,1-2H3. The molecule has 0 radical (unpaired) electrons. The molecule has 2 rings (SSSR count). The maximum Gasteiger partial charge on any atom is 0.133 e. The molecule has 2 atom stereocenters. The molecule has 0 N–H and O–H groups in total. The van der Waals surface area contributed by atoms with Crippen LogP contribution in [0.4, 0.5) is 4.39 Å². The van der Waals surface area contributed by atoms with Crippen LogP contribution in [0, 0.1) is 18.7 Å². The van der Waals surface area contributed by atoms with Gasteiger partial charge in [-0.25, -0.2) is 4.39 Å². The highest BCUT2D eigenvalue weighted by Gasteiger charge is 2.42. The molecule has 0 spiro atoms. The van der Waals surface area contributed by atoms with E-state index < -0.39 is 0 Å². The van der Waals surface area contributed by atoms with Gasteiger partial charge in [0, 0.05) is 5.92 Å². The van der Waals surface area contributed by atoms with Crippen molar-refractivity contribution < 1.29 is 9.18 Å². The van der Waals surface area contributed by atoms with Crippen LogP contribution in [0.25, 0.3) is 0 Å². The number of hydrogen-bond donors (Lipinski definition) is 0. The van der Waals surface area contributed by atoms with Gasteiger partial charge in [-0.3, -0.25) is 4.79 Å². The zero-order valence-electron chi connectivity index (χ0n) is 8.38. The first-order valence-electron chi connectivity index (χ1n) is 4.86. The third kappa shape index (κ3) is 1.45. The maximum absolute atomic E-state index is 13.2. The van der Waals surface area contributed by atoms with Crippen molar-refractivity contribution in [2.75, 3.05) is 0 Å². The fraction of sp³-hybridized carbons (Fsp3) is 0.417. The van der Waals surface area contributed by atoms with Crippen molar-refractivity contribution in [3.05, 3.63) is 35.1 Å². The second-order valence-electron chi connectivity index (χ2n) is 4.01. The highest BCUT2D eigenvalue weighted by Crippen LogP contribution is 2.49. The molecule has 1 aromatic carbocycles. The van der Waals surface area contributed by atoms with E-state index in [4.69, 9.17) is 0 Å². The summed E-state index contributed by atoms with van der Waals surface area (Å²) in [6.07, 6.45) is 0.889. The van der Waals surface area contributed by atoms with Gasteiger partial charge in [0.15, 0.2) is 0 Å². The smallest absolute Gasteiger partial charge is 0.133 e. The molecule has 0 aliphatic heterocycles. The van der Waals surface area contributed by atoms with E-state index in [1.807, 2.05) is 6.07 Å². The van der Waals surface area contributed by atoms with Crippen molar-refractivity contribution in [1.82, 2.24) is 0 Å². The van der Waals surface area contributed by atoms with E-state index in [0.717, 1.165) is 12.0 Å². The first-order valence-corrected chi connectivity index (χ1v) is 4.86. The van der Waals surface area contributed by atoms with E-state index in [2.05, 4.69) is 0 Å². The molecular formula is C12H13FO. The van der Waals surface area contributed by atoms with Gasteiger partial charge in [0.1, 0.15) is 11.6 Å². The van der Waals surface area contributed by atoms with Crippen molar-refractivity contribution in [1.29, 1.82) is 0 Å². The van der Waals surface area contributed by atoms with Crippen molar-refractivity contribution in [3.8, 4) is 0 Å². The molecule has 1 aromatic rings. The van der Waals surface area contributed by atoms with E-state index >= 15 is 0 Å². The summed E-state index contributed by atoms with van der Waals surface area (Å²) >= 11 is 0. The number of rotatable bonds is 2. The Morgan fingerprint density at radius 2 is 2.21 bits per heavy atom. The Hall–Kier alpha value is -1.18. The number of carbonyl (C=O) groups is 1. The summed E-state index contributed by atoms with van der Waals surface area (Å²) in [4.78, 5) is 11.1. The average Bonchev–Trinajstić information content (AvgIpc) is 2.89. The molecule has 2 unspecified atom stereocenters. The summed E-state index contributed by atoms with van der Waals surface area (Å²) in [5.74, 6) is 0.453. The number of benzene rings is 1. The molecule has 0 saturated heterocycles. The molecule has 1 saturated carbocycles. The molecule has 0 heterocycles. The van der Waals surface area contributed by atoms with Gasteiger partial charge in [-0.2, -0.15) is 0 Å². The number of ketones is 1. The third-order valence-electron chi connectivity index (χ3n) is 3.02. The monoisotopic (exact) mass is 192 g/mol. The van der Waals surface area contributed by atoms with Gasteiger partial charge < -0.3 is 0 Å². The predicted molar refractivity (Wildman–Crippen MR) is 52.7 cm³/mol. The second-order valence-corrected chi connectivity index (χ2v) is 4.01. The second kappa shape index (κ2) is 3.19. The molecule has 0 amide bonds. The summed E-state index contributed by atoms with van der Waals surface area (Å²) in [7, 11) is 0. The predicted octanol–water partition coefficient (Wildman–Crippen LogP) is 2.83. The van der Waals surface area contributed by atoms with Crippen LogP contribution >= 0.6 is 0 Å². The summed E-state index contributed by atoms with van der Waals surface area (Å²) < 4.78 is 13.2. The molecule has 1 nitrogen and oxygen atoms in total. The summed E-state index contributed by atoms with van der Waals surface area (Å²) in [5.41, 5.74) is 1.70. The Morgan fingerprint density at radius 3 is 2.79 bits per heavy atom. The minimum atomic E-state index is -0.170. The third-order valence-corrected chi connectivity index (χ3v) is 3.02. The first-order chi connectivity index (χ1) is 6.61. The Bertz CT molecular complexity index is 384. The number of hydrogen-bond acceptors (Lipinski definition) is 1. The van der Waals surface area contributed by atoms with Crippen LogP contribution in [0.5, 0.6) is 0 Å². The number of halogens is 1. The van der Waals surface area contributed by atoms with Crippen molar-refractivity contribution in [3.63, 3.8) is 0 Å². The highest BCUT2D eigenvalue weighted by atomic mass is 19.1. The molecule has 0 aromatic heterocycles. The van der Waals surface area contributed by atoms with Crippen molar-refractivity contribution in [2.24, 2.45) is 5.92 Å². The quantitative estimate of drug-likeness (QED) is 0.704. The van der Waals surface area contributed by atoms with Crippen LogP contribution in [-0.4, -0.2) is 5.78 Å². The lowest BCUT2D eigenvalue weighted by Crippen LogP contribution is -1.97. The fourth-order valence-electron chi connectivity index (χ4n) is 2.01. The van der Waals surface area contributed by atoms with Gasteiger partial charge in [-0.1, -0.05) is 12.1 Å². The Morgan fingerprint density at radius 1 is 1.50 bits per heavy atom. The van der Waals surface area contributed by atoms with Crippen LogP contribution < -0.4 is 0 Å². The lowest BCUT2D eigenvalue weighted by atomic mass is 10.0. The van der Waals surface area contributed by atoms with E-state index in [-0.39, 0.29) is 23.4 Å². The van der Waals surface area contributed by atoms with Gasteiger partial charge in [0.25, 0.3) is 0 Å². The maximum atomic E-state index is 13.2. The molecule has 0 bridgehead atoms. The largest absolute Gasteiger partial charge is 0.300 e. The lowest BCUT2D eigenvalue weighted by Gasteiger charge is -2.04. The van der Waals surface area contributed by atoms with E-state index in [1.54, 1.807) is 19.9 Å². The molecular weight excluding hydrogens is 179 g/mol. The van der Waals surface area contributed by atoms with Crippen LogP contribution in [0.1, 0.15) is 30.4 Å². The minimum absolute atomic E-state index is 0.135. The van der Waals surface area contributed by atoms with Gasteiger partial charge in [-0.15, -0.1) is 0 Å². The van der Waals surface area contributed by atoms with Crippen LogP contribution in [0.3, 0.4) is 0 Å².